The first-order chi connectivity index (χ1) is 9.09. The zero-order valence-corrected chi connectivity index (χ0v) is 10.9. The van der Waals surface area contributed by atoms with Crippen LogP contribution in [0.15, 0.2) is 12.1 Å². The molecule has 1 atom stereocenters. The van der Waals surface area contributed by atoms with Gasteiger partial charge in [0.25, 0.3) is 0 Å². The van der Waals surface area contributed by atoms with E-state index in [0.29, 0.717) is 12.0 Å². The Bertz CT molecular complexity index is 469. The lowest BCUT2D eigenvalue weighted by molar-refractivity contribution is -0.118. The van der Waals surface area contributed by atoms with E-state index in [1.165, 1.54) is 13.0 Å². The van der Waals surface area contributed by atoms with Gasteiger partial charge in [-0.2, -0.15) is 0 Å². The summed E-state index contributed by atoms with van der Waals surface area (Å²) in [7, 11) is 0. The average Bonchev–Trinajstić information content (AvgIpc) is 2.68. The highest BCUT2D eigenvalue weighted by molar-refractivity contribution is 5.95. The summed E-state index contributed by atoms with van der Waals surface area (Å²) in [6, 6.07) is 2.14. The number of rotatable bonds is 2. The van der Waals surface area contributed by atoms with Gasteiger partial charge in [0.2, 0.25) is 5.91 Å². The van der Waals surface area contributed by atoms with Crippen molar-refractivity contribution in [3.63, 3.8) is 0 Å². The maximum absolute atomic E-state index is 13.8. The standard InChI is InChI=1S/C14H18F2N2O/c1-9-6-7-10(15)13(12(9)16)18-14(19)11-5-3-2-4-8-17-11/h6-7,11,17H,2-5,8H2,1H3,(H,18,19). The van der Waals surface area contributed by atoms with Crippen molar-refractivity contribution in [2.24, 2.45) is 0 Å². The fourth-order valence-electron chi connectivity index (χ4n) is 2.23. The van der Waals surface area contributed by atoms with Crippen molar-refractivity contribution < 1.29 is 13.6 Å². The average molecular weight is 268 g/mol. The molecule has 1 saturated heterocycles. The highest BCUT2D eigenvalue weighted by Crippen LogP contribution is 2.22. The first kappa shape index (κ1) is 13.9. The molecule has 1 fully saturated rings. The van der Waals surface area contributed by atoms with Crippen LogP contribution in [0.4, 0.5) is 14.5 Å². The molecule has 1 aliphatic heterocycles. The lowest BCUT2D eigenvalue weighted by Crippen LogP contribution is -2.40. The normalized spacial score (nSPS) is 19.8. The van der Waals surface area contributed by atoms with Crippen molar-refractivity contribution in [3.8, 4) is 0 Å². The molecule has 2 rings (SSSR count). The Morgan fingerprint density at radius 2 is 2.11 bits per heavy atom. The number of carbonyl (C=O) groups excluding carboxylic acids is 1. The monoisotopic (exact) mass is 268 g/mol. The van der Waals surface area contributed by atoms with Crippen LogP contribution in [0.1, 0.15) is 31.2 Å². The van der Waals surface area contributed by atoms with E-state index in [1.54, 1.807) is 0 Å². The summed E-state index contributed by atoms with van der Waals surface area (Å²) in [5.74, 6) is -1.82. The third-order valence-electron chi connectivity index (χ3n) is 3.41. The van der Waals surface area contributed by atoms with Gasteiger partial charge in [-0.15, -0.1) is 0 Å². The van der Waals surface area contributed by atoms with Crippen LogP contribution in [0.2, 0.25) is 0 Å². The van der Waals surface area contributed by atoms with Gasteiger partial charge in [0.1, 0.15) is 11.5 Å². The molecule has 104 valence electrons. The van der Waals surface area contributed by atoms with Gasteiger partial charge in [0, 0.05) is 0 Å². The molecule has 0 saturated carbocycles. The zero-order chi connectivity index (χ0) is 13.8. The van der Waals surface area contributed by atoms with E-state index in [2.05, 4.69) is 10.6 Å². The van der Waals surface area contributed by atoms with Crippen LogP contribution in [0.3, 0.4) is 0 Å². The largest absolute Gasteiger partial charge is 0.320 e. The SMILES string of the molecule is Cc1ccc(F)c(NC(=O)C2CCCCCN2)c1F. The quantitative estimate of drug-likeness (QED) is 0.866. The van der Waals surface area contributed by atoms with Crippen LogP contribution in [0.25, 0.3) is 0 Å². The molecular formula is C14H18F2N2O. The molecule has 0 spiro atoms. The van der Waals surface area contributed by atoms with E-state index in [4.69, 9.17) is 0 Å². The molecule has 0 bridgehead atoms. The summed E-state index contributed by atoms with van der Waals surface area (Å²) < 4.78 is 27.4. The van der Waals surface area contributed by atoms with Gasteiger partial charge in [0.05, 0.1) is 6.04 Å². The maximum atomic E-state index is 13.8. The van der Waals surface area contributed by atoms with Gasteiger partial charge in [-0.1, -0.05) is 18.9 Å². The first-order valence-electron chi connectivity index (χ1n) is 6.58. The van der Waals surface area contributed by atoms with Crippen LogP contribution < -0.4 is 10.6 Å². The van der Waals surface area contributed by atoms with Gasteiger partial charge in [-0.25, -0.2) is 8.78 Å². The zero-order valence-electron chi connectivity index (χ0n) is 10.9. The van der Waals surface area contributed by atoms with E-state index in [0.717, 1.165) is 31.9 Å². The summed E-state index contributed by atoms with van der Waals surface area (Å²) in [5, 5.41) is 5.46. The summed E-state index contributed by atoms with van der Waals surface area (Å²) in [5.41, 5.74) is -0.0402. The van der Waals surface area contributed by atoms with Crippen molar-refractivity contribution in [1.82, 2.24) is 5.32 Å². The molecule has 1 amide bonds. The van der Waals surface area contributed by atoms with Crippen molar-refractivity contribution in [1.29, 1.82) is 0 Å². The molecule has 0 radical (unpaired) electrons. The Morgan fingerprint density at radius 1 is 1.32 bits per heavy atom. The minimum absolute atomic E-state index is 0.311. The van der Waals surface area contributed by atoms with Crippen molar-refractivity contribution in [2.75, 3.05) is 11.9 Å². The fourth-order valence-corrected chi connectivity index (χ4v) is 2.23. The second kappa shape index (κ2) is 6.10. The fraction of sp³-hybridized carbons (Fsp3) is 0.500. The van der Waals surface area contributed by atoms with Crippen molar-refractivity contribution >= 4 is 11.6 Å². The summed E-state index contributed by atoms with van der Waals surface area (Å²) >= 11 is 0. The van der Waals surface area contributed by atoms with Crippen molar-refractivity contribution in [3.05, 3.63) is 29.3 Å². The van der Waals surface area contributed by atoms with Gasteiger partial charge in [-0.05, 0) is 37.9 Å². The van der Waals surface area contributed by atoms with Gasteiger partial charge in [-0.3, -0.25) is 4.79 Å². The van der Waals surface area contributed by atoms with Crippen LogP contribution in [0.5, 0.6) is 0 Å². The molecule has 1 aromatic carbocycles. The minimum Gasteiger partial charge on any atom is -0.320 e. The molecule has 1 heterocycles. The summed E-state index contributed by atoms with van der Waals surface area (Å²) in [4.78, 5) is 12.0. The Balaban J connectivity index is 2.12. The van der Waals surface area contributed by atoms with Gasteiger partial charge >= 0.3 is 0 Å². The van der Waals surface area contributed by atoms with E-state index in [-0.39, 0.29) is 17.6 Å². The molecule has 19 heavy (non-hydrogen) atoms. The van der Waals surface area contributed by atoms with Gasteiger partial charge in [0.15, 0.2) is 5.82 Å². The van der Waals surface area contributed by atoms with Gasteiger partial charge < -0.3 is 10.6 Å². The highest BCUT2D eigenvalue weighted by atomic mass is 19.1. The molecule has 5 heteroatoms. The number of benzene rings is 1. The van der Waals surface area contributed by atoms with E-state index < -0.39 is 11.6 Å². The predicted molar refractivity (Wildman–Crippen MR) is 70.0 cm³/mol. The number of anilines is 1. The summed E-state index contributed by atoms with van der Waals surface area (Å²) in [6.07, 6.45) is 3.74. The number of hydrogen-bond acceptors (Lipinski definition) is 2. The summed E-state index contributed by atoms with van der Waals surface area (Å²) in [6.45, 7) is 2.30. The topological polar surface area (TPSA) is 41.1 Å². The lowest BCUT2D eigenvalue weighted by Gasteiger charge is -2.16. The maximum Gasteiger partial charge on any atom is 0.241 e. The van der Waals surface area contributed by atoms with E-state index in [9.17, 15) is 13.6 Å². The Labute approximate surface area is 111 Å². The molecule has 1 aromatic rings. The molecule has 1 unspecified atom stereocenters. The third kappa shape index (κ3) is 3.29. The second-order valence-electron chi connectivity index (χ2n) is 4.90. The van der Waals surface area contributed by atoms with E-state index >= 15 is 0 Å². The van der Waals surface area contributed by atoms with Crippen LogP contribution >= 0.6 is 0 Å². The number of aryl methyl sites for hydroxylation is 1. The highest BCUT2D eigenvalue weighted by Gasteiger charge is 2.22. The van der Waals surface area contributed by atoms with Crippen LogP contribution in [-0.4, -0.2) is 18.5 Å². The predicted octanol–water partition coefficient (Wildman–Crippen LogP) is 2.74. The molecular weight excluding hydrogens is 250 g/mol. The Kier molecular flexibility index (Phi) is 4.47. The minimum atomic E-state index is -0.745. The molecule has 0 aliphatic carbocycles. The Morgan fingerprint density at radius 3 is 2.89 bits per heavy atom. The smallest absolute Gasteiger partial charge is 0.241 e. The molecule has 1 aliphatic rings. The molecule has 3 nitrogen and oxygen atoms in total. The van der Waals surface area contributed by atoms with Crippen molar-refractivity contribution in [2.45, 2.75) is 38.6 Å². The number of nitrogens with one attached hydrogen (secondary N) is 2. The van der Waals surface area contributed by atoms with Crippen LogP contribution in [-0.2, 0) is 4.79 Å². The number of hydrogen-bond donors (Lipinski definition) is 2. The van der Waals surface area contributed by atoms with E-state index in [1.807, 2.05) is 0 Å². The molecule has 0 aromatic heterocycles. The third-order valence-corrected chi connectivity index (χ3v) is 3.41. The first-order valence-corrected chi connectivity index (χ1v) is 6.58. The number of amides is 1. The Hall–Kier alpha value is -1.49. The number of halogens is 2. The molecule has 2 N–H and O–H groups in total. The number of carbonyl (C=O) groups is 1. The van der Waals surface area contributed by atoms with Crippen LogP contribution in [0, 0.1) is 18.6 Å². The second-order valence-corrected chi connectivity index (χ2v) is 4.90. The lowest BCUT2D eigenvalue weighted by atomic mass is 10.1.